The van der Waals surface area contributed by atoms with Gasteiger partial charge < -0.3 is 15.3 Å². The van der Waals surface area contributed by atoms with Crippen LogP contribution in [-0.2, 0) is 9.59 Å². The van der Waals surface area contributed by atoms with E-state index in [4.69, 9.17) is 0 Å². The first-order valence-corrected chi connectivity index (χ1v) is 8.82. The fraction of sp³-hybridized carbons (Fsp3) is 0.368. The first kappa shape index (κ1) is 20.2. The van der Waals surface area contributed by atoms with Gasteiger partial charge in [0.1, 0.15) is 0 Å². The lowest BCUT2D eigenvalue weighted by atomic mass is 9.82. The van der Waals surface area contributed by atoms with Gasteiger partial charge in [-0.1, -0.05) is 26.0 Å². The zero-order valence-electron chi connectivity index (χ0n) is 15.6. The van der Waals surface area contributed by atoms with Crippen LogP contribution in [-0.4, -0.2) is 33.9 Å². The average Bonchev–Trinajstić information content (AvgIpc) is 2.67. The summed E-state index contributed by atoms with van der Waals surface area (Å²) >= 11 is 0. The standard InChI is InChI=1S/C19H23N3O5/c1-4-14-17(19(24)25)16(12-7-9-13(10-8-12)22(26)27)18(15(5-2)20-14)21(6-3)11-23/h7-11,16,20H,4-6H2,1-3H3,(H,24,25). The number of non-ortho nitro benzene ring substituents is 1. The number of carbonyl (C=O) groups excluding carboxylic acids is 1. The van der Waals surface area contributed by atoms with Crippen molar-refractivity contribution < 1.29 is 19.6 Å². The Morgan fingerprint density at radius 2 is 1.81 bits per heavy atom. The Morgan fingerprint density at radius 3 is 2.22 bits per heavy atom. The van der Waals surface area contributed by atoms with Crippen LogP contribution in [0.3, 0.4) is 0 Å². The third-order valence-corrected chi connectivity index (χ3v) is 4.65. The van der Waals surface area contributed by atoms with E-state index in [2.05, 4.69) is 5.32 Å². The van der Waals surface area contributed by atoms with E-state index in [9.17, 15) is 24.8 Å². The molecule has 1 aliphatic heterocycles. The van der Waals surface area contributed by atoms with Gasteiger partial charge in [-0.05, 0) is 25.3 Å². The third-order valence-electron chi connectivity index (χ3n) is 4.65. The highest BCUT2D eigenvalue weighted by Gasteiger charge is 2.36. The van der Waals surface area contributed by atoms with Crippen LogP contribution in [0.15, 0.2) is 46.9 Å². The predicted octanol–water partition coefficient (Wildman–Crippen LogP) is 3.13. The number of nitrogens with zero attached hydrogens (tertiary/aromatic N) is 2. The summed E-state index contributed by atoms with van der Waals surface area (Å²) in [5.41, 5.74) is 2.58. The maximum atomic E-state index is 12.1. The number of nitrogens with one attached hydrogen (secondary N) is 1. The van der Waals surface area contributed by atoms with Gasteiger partial charge in [0.05, 0.1) is 22.1 Å². The molecule has 0 saturated heterocycles. The monoisotopic (exact) mass is 373 g/mol. The summed E-state index contributed by atoms with van der Waals surface area (Å²) in [5.74, 6) is -1.78. The largest absolute Gasteiger partial charge is 0.478 e. The number of likely N-dealkylation sites (N-methyl/N-ethyl adjacent to an activating group) is 1. The molecule has 0 radical (unpaired) electrons. The predicted molar refractivity (Wildman–Crippen MR) is 99.7 cm³/mol. The maximum Gasteiger partial charge on any atom is 0.334 e. The minimum atomic E-state index is -1.09. The van der Waals surface area contributed by atoms with Crippen molar-refractivity contribution in [3.8, 4) is 0 Å². The molecule has 144 valence electrons. The lowest BCUT2D eigenvalue weighted by Crippen LogP contribution is -2.37. The van der Waals surface area contributed by atoms with Crippen molar-refractivity contribution in [2.24, 2.45) is 0 Å². The number of aliphatic carboxylic acids is 1. The number of carboxylic acids is 1. The maximum absolute atomic E-state index is 12.1. The smallest absolute Gasteiger partial charge is 0.334 e. The lowest BCUT2D eigenvalue weighted by Gasteiger charge is -2.36. The molecular formula is C19H23N3O5. The zero-order valence-corrected chi connectivity index (χ0v) is 15.6. The molecule has 0 aromatic heterocycles. The minimum Gasteiger partial charge on any atom is -0.478 e. The van der Waals surface area contributed by atoms with E-state index in [1.165, 1.54) is 17.0 Å². The number of amides is 1. The van der Waals surface area contributed by atoms with E-state index in [1.807, 2.05) is 13.8 Å². The number of dihydropyridines is 1. The van der Waals surface area contributed by atoms with Crippen molar-refractivity contribution >= 4 is 18.1 Å². The Kier molecular flexibility index (Phi) is 6.33. The highest BCUT2D eigenvalue weighted by molar-refractivity contribution is 5.91. The van der Waals surface area contributed by atoms with Gasteiger partial charge in [0.25, 0.3) is 5.69 Å². The Labute approximate surface area is 157 Å². The fourth-order valence-electron chi connectivity index (χ4n) is 3.35. The molecule has 0 bridgehead atoms. The molecule has 1 aromatic rings. The summed E-state index contributed by atoms with van der Waals surface area (Å²) in [6.07, 6.45) is 1.75. The van der Waals surface area contributed by atoms with Crippen LogP contribution in [0.2, 0.25) is 0 Å². The van der Waals surface area contributed by atoms with Gasteiger partial charge in [0.15, 0.2) is 0 Å². The van der Waals surface area contributed by atoms with Crippen molar-refractivity contribution in [2.45, 2.75) is 39.5 Å². The van der Waals surface area contributed by atoms with Crippen molar-refractivity contribution in [3.05, 3.63) is 62.6 Å². The molecular weight excluding hydrogens is 350 g/mol. The lowest BCUT2D eigenvalue weighted by molar-refractivity contribution is -0.384. The quantitative estimate of drug-likeness (QED) is 0.411. The normalized spacial score (nSPS) is 16.8. The number of carboxylic acid groups (broad SMARTS) is 1. The fourth-order valence-corrected chi connectivity index (χ4v) is 3.35. The summed E-state index contributed by atoms with van der Waals surface area (Å²) in [4.78, 5) is 35.7. The van der Waals surface area contributed by atoms with Crippen LogP contribution >= 0.6 is 0 Å². The highest BCUT2D eigenvalue weighted by Crippen LogP contribution is 2.41. The van der Waals surface area contributed by atoms with Crippen molar-refractivity contribution in [2.75, 3.05) is 6.54 Å². The zero-order chi connectivity index (χ0) is 20.1. The number of rotatable bonds is 8. The van der Waals surface area contributed by atoms with Crippen LogP contribution in [0.4, 0.5) is 5.69 Å². The number of hydrogen-bond donors (Lipinski definition) is 2. The van der Waals surface area contributed by atoms with Crippen molar-refractivity contribution in [3.63, 3.8) is 0 Å². The molecule has 8 nitrogen and oxygen atoms in total. The first-order valence-electron chi connectivity index (χ1n) is 8.82. The molecule has 1 unspecified atom stereocenters. The second-order valence-electron chi connectivity index (χ2n) is 6.07. The number of allylic oxidation sites excluding steroid dienone is 3. The number of nitro benzene ring substituents is 1. The second-order valence-corrected chi connectivity index (χ2v) is 6.07. The van der Waals surface area contributed by atoms with Gasteiger partial charge in [0, 0.05) is 30.1 Å². The summed E-state index contributed by atoms with van der Waals surface area (Å²) < 4.78 is 0. The molecule has 1 heterocycles. The number of benzene rings is 1. The number of hydrogen-bond acceptors (Lipinski definition) is 5. The van der Waals surface area contributed by atoms with E-state index < -0.39 is 16.8 Å². The summed E-state index contributed by atoms with van der Waals surface area (Å²) in [5, 5.41) is 24.0. The van der Waals surface area contributed by atoms with Crippen molar-refractivity contribution in [1.82, 2.24) is 10.2 Å². The van der Waals surface area contributed by atoms with Crippen molar-refractivity contribution in [1.29, 1.82) is 0 Å². The molecule has 2 rings (SSSR count). The Balaban J connectivity index is 2.74. The minimum absolute atomic E-state index is 0.0757. The Morgan fingerprint density at radius 1 is 1.22 bits per heavy atom. The third kappa shape index (κ3) is 3.84. The summed E-state index contributed by atoms with van der Waals surface area (Å²) in [6.45, 7) is 5.96. The molecule has 1 aromatic carbocycles. The summed E-state index contributed by atoms with van der Waals surface area (Å²) in [6, 6.07) is 5.80. The van der Waals surface area contributed by atoms with E-state index in [1.54, 1.807) is 19.1 Å². The Bertz CT molecular complexity index is 811. The average molecular weight is 373 g/mol. The van der Waals surface area contributed by atoms with Crippen LogP contribution in [0.5, 0.6) is 0 Å². The van der Waals surface area contributed by atoms with Gasteiger partial charge in [0.2, 0.25) is 6.41 Å². The Hall–Kier alpha value is -3.16. The van der Waals surface area contributed by atoms with Gasteiger partial charge in [-0.3, -0.25) is 14.9 Å². The number of nitro groups is 1. The van der Waals surface area contributed by atoms with Gasteiger partial charge in [-0.2, -0.15) is 0 Å². The van der Waals surface area contributed by atoms with E-state index in [0.717, 1.165) is 5.70 Å². The second kappa shape index (κ2) is 8.48. The van der Waals surface area contributed by atoms with E-state index in [-0.39, 0.29) is 11.3 Å². The molecule has 0 saturated carbocycles. The van der Waals surface area contributed by atoms with Crippen LogP contribution < -0.4 is 5.32 Å². The number of carbonyl (C=O) groups is 2. The van der Waals surface area contributed by atoms with Crippen LogP contribution in [0.1, 0.15) is 45.1 Å². The summed E-state index contributed by atoms with van der Waals surface area (Å²) in [7, 11) is 0. The molecule has 0 fully saturated rings. The van der Waals surface area contributed by atoms with Crippen LogP contribution in [0, 0.1) is 10.1 Å². The van der Waals surface area contributed by atoms with Gasteiger partial charge >= 0.3 is 5.97 Å². The molecule has 2 N–H and O–H groups in total. The molecule has 1 atom stereocenters. The van der Waals surface area contributed by atoms with Gasteiger partial charge in [-0.25, -0.2) is 4.79 Å². The van der Waals surface area contributed by atoms with Gasteiger partial charge in [-0.15, -0.1) is 0 Å². The molecule has 8 heteroatoms. The molecule has 1 amide bonds. The highest BCUT2D eigenvalue weighted by atomic mass is 16.6. The first-order chi connectivity index (χ1) is 12.9. The topological polar surface area (TPSA) is 113 Å². The SMILES string of the molecule is CCC1=C(C(=O)O)C(c2ccc([N+](=O)[O-])cc2)C(N(C=O)CC)=C(CC)N1. The molecule has 0 spiro atoms. The molecule has 1 aliphatic rings. The van der Waals surface area contributed by atoms with Crippen LogP contribution in [0.25, 0.3) is 0 Å². The van der Waals surface area contributed by atoms with E-state index >= 15 is 0 Å². The molecule has 0 aliphatic carbocycles. The molecule has 27 heavy (non-hydrogen) atoms. The van der Waals surface area contributed by atoms with E-state index in [0.29, 0.717) is 42.8 Å².